The molecule has 0 spiro atoms. The Morgan fingerprint density at radius 1 is 1.24 bits per heavy atom. The molecule has 1 saturated heterocycles. The summed E-state index contributed by atoms with van der Waals surface area (Å²) in [6.45, 7) is 0.529. The Labute approximate surface area is 153 Å². The summed E-state index contributed by atoms with van der Waals surface area (Å²) < 4.78 is 6.46. The minimum Gasteiger partial charge on any atom is -0.337 e. The lowest BCUT2D eigenvalue weighted by Gasteiger charge is -2.22. The van der Waals surface area contributed by atoms with Crippen LogP contribution in [0, 0.1) is 0 Å². The van der Waals surface area contributed by atoms with Gasteiger partial charge in [0.05, 0.1) is 0 Å². The normalized spacial score (nSPS) is 17.2. The van der Waals surface area contributed by atoms with Gasteiger partial charge >= 0.3 is 0 Å². The molecule has 1 fully saturated rings. The number of likely N-dealkylation sites (tertiary alicyclic amines) is 1. The van der Waals surface area contributed by atoms with Crippen LogP contribution in [0.3, 0.4) is 0 Å². The predicted octanol–water partition coefficient (Wildman–Crippen LogP) is 3.76. The number of nitrogens with zero attached hydrogens (tertiary/aromatic N) is 4. The maximum atomic E-state index is 12.3. The summed E-state index contributed by atoms with van der Waals surface area (Å²) in [6, 6.07) is 11.5. The number of carbonyl (C=O) groups excluding carboxylic acids is 1. The van der Waals surface area contributed by atoms with Crippen molar-refractivity contribution in [2.24, 2.45) is 0 Å². The zero-order chi connectivity index (χ0) is 17.2. The molecule has 0 bridgehead atoms. The molecule has 1 aliphatic heterocycles. The van der Waals surface area contributed by atoms with Crippen molar-refractivity contribution in [1.82, 2.24) is 20.0 Å². The molecule has 1 amide bonds. The van der Waals surface area contributed by atoms with Crippen LogP contribution in [0.5, 0.6) is 0 Å². The van der Waals surface area contributed by atoms with Gasteiger partial charge in [-0.3, -0.25) is 9.78 Å². The molecule has 126 valence electrons. The van der Waals surface area contributed by atoms with Gasteiger partial charge in [-0.25, -0.2) is 0 Å². The number of benzene rings is 1. The molecule has 7 heteroatoms. The molecule has 6 nitrogen and oxygen atoms in total. The zero-order valence-corrected chi connectivity index (χ0v) is 14.9. The van der Waals surface area contributed by atoms with Crippen molar-refractivity contribution < 1.29 is 9.32 Å². The van der Waals surface area contributed by atoms with E-state index in [2.05, 4.69) is 31.1 Å². The van der Waals surface area contributed by atoms with Gasteiger partial charge in [0.15, 0.2) is 0 Å². The van der Waals surface area contributed by atoms with Crippen molar-refractivity contribution in [3.8, 4) is 11.4 Å². The third-order valence-electron chi connectivity index (χ3n) is 4.24. The monoisotopic (exact) mass is 398 g/mol. The summed E-state index contributed by atoms with van der Waals surface area (Å²) in [4.78, 5) is 22.7. The first kappa shape index (κ1) is 16.0. The fraction of sp³-hybridized carbons (Fsp3) is 0.222. The van der Waals surface area contributed by atoms with Gasteiger partial charge in [0.25, 0.3) is 0 Å². The highest BCUT2D eigenvalue weighted by atomic mass is 79.9. The van der Waals surface area contributed by atoms with Gasteiger partial charge in [0.2, 0.25) is 17.6 Å². The Bertz CT molecular complexity index is 880. The van der Waals surface area contributed by atoms with E-state index in [9.17, 15) is 4.79 Å². The molecule has 1 unspecified atom stereocenters. The van der Waals surface area contributed by atoms with Gasteiger partial charge in [-0.2, -0.15) is 4.98 Å². The third-order valence-corrected chi connectivity index (χ3v) is 4.77. The van der Waals surface area contributed by atoms with Crippen LogP contribution in [0.4, 0.5) is 0 Å². The number of pyridine rings is 1. The smallest absolute Gasteiger partial charge is 0.249 e. The average molecular weight is 399 g/mol. The van der Waals surface area contributed by atoms with Crippen molar-refractivity contribution in [3.05, 3.63) is 64.7 Å². The molecule has 3 aromatic rings. The largest absolute Gasteiger partial charge is 0.337 e. The number of aromatic nitrogens is 3. The number of carbonyl (C=O) groups is 1. The topological polar surface area (TPSA) is 72.1 Å². The first-order chi connectivity index (χ1) is 12.2. The number of halogens is 1. The molecule has 3 heterocycles. The summed E-state index contributed by atoms with van der Waals surface area (Å²) in [5, 5.41) is 4.04. The Balaban J connectivity index is 1.57. The van der Waals surface area contributed by atoms with E-state index in [1.165, 1.54) is 0 Å². The molecule has 0 aliphatic carbocycles. The molecule has 2 aromatic heterocycles. The van der Waals surface area contributed by atoms with Gasteiger partial charge in [-0.15, -0.1) is 0 Å². The highest BCUT2D eigenvalue weighted by Gasteiger charge is 2.36. The van der Waals surface area contributed by atoms with Crippen molar-refractivity contribution in [1.29, 1.82) is 0 Å². The zero-order valence-electron chi connectivity index (χ0n) is 13.3. The van der Waals surface area contributed by atoms with Crippen LogP contribution in [-0.2, 0) is 11.3 Å². The molecule has 0 N–H and O–H groups in total. The molecular formula is C18H15BrN4O2. The van der Waals surface area contributed by atoms with E-state index in [1.807, 2.05) is 41.3 Å². The molecule has 0 radical (unpaired) electrons. The first-order valence-electron chi connectivity index (χ1n) is 7.98. The quantitative estimate of drug-likeness (QED) is 0.668. The van der Waals surface area contributed by atoms with Crippen LogP contribution in [-0.4, -0.2) is 25.9 Å². The van der Waals surface area contributed by atoms with E-state index < -0.39 is 0 Å². The summed E-state index contributed by atoms with van der Waals surface area (Å²) in [6.07, 6.45) is 4.56. The Morgan fingerprint density at radius 3 is 2.84 bits per heavy atom. The Hall–Kier alpha value is -2.54. The van der Waals surface area contributed by atoms with Crippen LogP contribution in [0.1, 0.15) is 30.3 Å². The minimum absolute atomic E-state index is 0.106. The predicted molar refractivity (Wildman–Crippen MR) is 94.2 cm³/mol. The molecule has 25 heavy (non-hydrogen) atoms. The average Bonchev–Trinajstić information content (AvgIpc) is 3.25. The Kier molecular flexibility index (Phi) is 4.31. The van der Waals surface area contributed by atoms with E-state index in [4.69, 9.17) is 4.52 Å². The second kappa shape index (κ2) is 6.76. The summed E-state index contributed by atoms with van der Waals surface area (Å²) in [5.74, 6) is 1.07. The van der Waals surface area contributed by atoms with E-state index in [0.717, 1.165) is 15.6 Å². The van der Waals surface area contributed by atoms with Gasteiger partial charge in [0, 0.05) is 35.4 Å². The number of rotatable bonds is 4. The lowest BCUT2D eigenvalue weighted by molar-refractivity contribution is -0.129. The summed E-state index contributed by atoms with van der Waals surface area (Å²) in [5.41, 5.74) is 1.86. The molecule has 1 aliphatic rings. The summed E-state index contributed by atoms with van der Waals surface area (Å²) in [7, 11) is 0. The number of hydrogen-bond donors (Lipinski definition) is 0. The van der Waals surface area contributed by atoms with Crippen LogP contribution < -0.4 is 0 Å². The van der Waals surface area contributed by atoms with Crippen LogP contribution in [0.25, 0.3) is 11.4 Å². The van der Waals surface area contributed by atoms with E-state index >= 15 is 0 Å². The second-order valence-electron chi connectivity index (χ2n) is 5.90. The second-order valence-corrected chi connectivity index (χ2v) is 6.82. The fourth-order valence-electron chi connectivity index (χ4n) is 2.96. The lowest BCUT2D eigenvalue weighted by atomic mass is 10.2. The van der Waals surface area contributed by atoms with Gasteiger partial charge in [-0.05, 0) is 36.2 Å². The Morgan fingerprint density at radius 2 is 2.08 bits per heavy atom. The molecule has 1 atom stereocenters. The van der Waals surface area contributed by atoms with E-state index in [1.54, 1.807) is 12.4 Å². The van der Waals surface area contributed by atoms with Crippen LogP contribution in [0.2, 0.25) is 0 Å². The molecule has 0 saturated carbocycles. The SMILES string of the molecule is O=C1CCC(c2nc(-c3cccnc3)no2)N1Cc1ccc(Br)cc1. The lowest BCUT2D eigenvalue weighted by Crippen LogP contribution is -2.27. The number of amides is 1. The van der Waals surface area contributed by atoms with Crippen molar-refractivity contribution in [2.45, 2.75) is 25.4 Å². The van der Waals surface area contributed by atoms with Crippen LogP contribution >= 0.6 is 15.9 Å². The number of hydrogen-bond acceptors (Lipinski definition) is 5. The molecule has 4 rings (SSSR count). The first-order valence-corrected chi connectivity index (χ1v) is 8.78. The molecule has 1 aromatic carbocycles. The fourth-order valence-corrected chi connectivity index (χ4v) is 3.22. The van der Waals surface area contributed by atoms with Gasteiger partial charge < -0.3 is 9.42 Å². The highest BCUT2D eigenvalue weighted by Crippen LogP contribution is 2.34. The van der Waals surface area contributed by atoms with Crippen LogP contribution in [0.15, 0.2) is 57.8 Å². The van der Waals surface area contributed by atoms with E-state index in [-0.39, 0.29) is 11.9 Å². The maximum absolute atomic E-state index is 12.3. The highest BCUT2D eigenvalue weighted by molar-refractivity contribution is 9.10. The third kappa shape index (κ3) is 3.32. The standard InChI is InChI=1S/C18H15BrN4O2/c19-14-5-3-12(4-6-14)11-23-15(7-8-16(23)24)18-21-17(22-25-18)13-2-1-9-20-10-13/h1-6,9-10,15H,7-8,11H2. The summed E-state index contributed by atoms with van der Waals surface area (Å²) >= 11 is 3.42. The maximum Gasteiger partial charge on any atom is 0.249 e. The minimum atomic E-state index is -0.186. The van der Waals surface area contributed by atoms with Gasteiger partial charge in [0.1, 0.15) is 6.04 Å². The van der Waals surface area contributed by atoms with Crippen molar-refractivity contribution >= 4 is 21.8 Å². The van der Waals surface area contributed by atoms with Gasteiger partial charge in [-0.1, -0.05) is 33.2 Å². The van der Waals surface area contributed by atoms with E-state index in [0.29, 0.717) is 31.1 Å². The van der Waals surface area contributed by atoms with Crippen molar-refractivity contribution in [3.63, 3.8) is 0 Å². The van der Waals surface area contributed by atoms with Crippen molar-refractivity contribution in [2.75, 3.05) is 0 Å². The molecular weight excluding hydrogens is 384 g/mol.